The summed E-state index contributed by atoms with van der Waals surface area (Å²) in [4.78, 5) is 0.363. The molecule has 0 bridgehead atoms. The summed E-state index contributed by atoms with van der Waals surface area (Å²) in [5.41, 5.74) is 5.98. The zero-order chi connectivity index (χ0) is 20.9. The van der Waals surface area contributed by atoms with Gasteiger partial charge in [-0.2, -0.15) is 4.31 Å². The Morgan fingerprint density at radius 1 is 1.07 bits per heavy atom. The van der Waals surface area contributed by atoms with E-state index in [1.54, 1.807) is 16.4 Å². The zero-order valence-corrected chi connectivity index (χ0v) is 18.2. The van der Waals surface area contributed by atoms with Crippen LogP contribution in [-0.4, -0.2) is 43.1 Å². The molecular formula is C24H26N2O3S. The number of hydrogen-bond donors (Lipinski definition) is 0. The lowest BCUT2D eigenvalue weighted by Gasteiger charge is -2.26. The van der Waals surface area contributed by atoms with Crippen molar-refractivity contribution >= 4 is 26.5 Å². The van der Waals surface area contributed by atoms with Gasteiger partial charge in [-0.15, -0.1) is 0 Å². The van der Waals surface area contributed by atoms with Crippen molar-refractivity contribution in [2.45, 2.75) is 37.8 Å². The van der Waals surface area contributed by atoms with Gasteiger partial charge in [0.15, 0.2) is 0 Å². The number of aromatic nitrogens is 1. The highest BCUT2D eigenvalue weighted by molar-refractivity contribution is 7.89. The normalized spacial score (nSPS) is 19.8. The minimum Gasteiger partial charge on any atom is -0.371 e. The molecule has 1 atom stereocenters. The highest BCUT2D eigenvalue weighted by Crippen LogP contribution is 2.36. The average molecular weight is 423 g/mol. The van der Waals surface area contributed by atoms with Gasteiger partial charge in [-0.05, 0) is 44.0 Å². The smallest absolute Gasteiger partial charge is 0.243 e. The molecule has 30 heavy (non-hydrogen) atoms. The molecule has 0 aliphatic carbocycles. The SMILES string of the molecule is Cc1ccc(S(=O)(=O)N2CC=C(c3c(C)n(C[C@H]4CO4)c4ccccc34)CC2)cc1. The average Bonchev–Trinajstić information content (AvgIpc) is 3.53. The van der Waals surface area contributed by atoms with Crippen molar-refractivity contribution in [3.63, 3.8) is 0 Å². The summed E-state index contributed by atoms with van der Waals surface area (Å²) in [6, 6.07) is 15.6. The molecule has 1 saturated heterocycles. The molecule has 0 saturated carbocycles. The maximum absolute atomic E-state index is 13.0. The first-order valence-electron chi connectivity index (χ1n) is 10.4. The van der Waals surface area contributed by atoms with E-state index in [4.69, 9.17) is 4.74 Å². The topological polar surface area (TPSA) is 54.8 Å². The molecule has 0 amide bonds. The number of epoxide rings is 1. The van der Waals surface area contributed by atoms with Crippen molar-refractivity contribution in [2.24, 2.45) is 0 Å². The Morgan fingerprint density at radius 2 is 1.80 bits per heavy atom. The van der Waals surface area contributed by atoms with Crippen molar-refractivity contribution in [1.29, 1.82) is 0 Å². The molecular weight excluding hydrogens is 396 g/mol. The van der Waals surface area contributed by atoms with Crippen molar-refractivity contribution < 1.29 is 13.2 Å². The second-order valence-electron chi connectivity index (χ2n) is 8.20. The van der Waals surface area contributed by atoms with Crippen LogP contribution in [0, 0.1) is 13.8 Å². The second kappa shape index (κ2) is 7.38. The van der Waals surface area contributed by atoms with Crippen LogP contribution in [0.4, 0.5) is 0 Å². The van der Waals surface area contributed by atoms with Crippen LogP contribution in [0.25, 0.3) is 16.5 Å². The predicted octanol–water partition coefficient (Wildman–Crippen LogP) is 4.13. The van der Waals surface area contributed by atoms with E-state index in [0.717, 1.165) is 18.7 Å². The van der Waals surface area contributed by atoms with Crippen molar-refractivity contribution in [3.05, 3.63) is 71.4 Å². The van der Waals surface area contributed by atoms with Crippen LogP contribution in [0.2, 0.25) is 0 Å². The fraction of sp³-hybridized carbons (Fsp3) is 0.333. The molecule has 0 N–H and O–H groups in total. The van der Waals surface area contributed by atoms with E-state index in [9.17, 15) is 8.42 Å². The summed E-state index contributed by atoms with van der Waals surface area (Å²) in [5.74, 6) is 0. The summed E-state index contributed by atoms with van der Waals surface area (Å²) in [6.45, 7) is 6.71. The Labute approximate surface area is 177 Å². The Kier molecular flexibility index (Phi) is 4.81. The van der Waals surface area contributed by atoms with Gasteiger partial charge in [0.25, 0.3) is 0 Å². The van der Waals surface area contributed by atoms with Gasteiger partial charge in [0.05, 0.1) is 24.2 Å². The molecule has 3 heterocycles. The van der Waals surface area contributed by atoms with Gasteiger partial charge in [-0.25, -0.2) is 8.42 Å². The number of rotatable bonds is 5. The van der Waals surface area contributed by atoms with Gasteiger partial charge in [0, 0.05) is 35.2 Å². The van der Waals surface area contributed by atoms with E-state index in [1.165, 1.54) is 27.7 Å². The minimum absolute atomic E-state index is 0.308. The minimum atomic E-state index is -3.47. The van der Waals surface area contributed by atoms with E-state index < -0.39 is 10.0 Å². The number of nitrogens with zero attached hydrogens (tertiary/aromatic N) is 2. The van der Waals surface area contributed by atoms with Gasteiger partial charge in [0.1, 0.15) is 0 Å². The number of ether oxygens (including phenoxy) is 1. The maximum Gasteiger partial charge on any atom is 0.243 e. The van der Waals surface area contributed by atoms with E-state index in [0.29, 0.717) is 30.5 Å². The van der Waals surface area contributed by atoms with Crippen LogP contribution in [0.3, 0.4) is 0 Å². The largest absolute Gasteiger partial charge is 0.371 e. The van der Waals surface area contributed by atoms with Crippen molar-refractivity contribution in [1.82, 2.24) is 8.87 Å². The standard InChI is InChI=1S/C24H26N2O3S/c1-17-7-9-21(10-8-17)30(27,28)25-13-11-19(12-14-25)24-18(2)26(15-20-16-29-20)23-6-4-3-5-22(23)24/h3-11,20H,12-16H2,1-2H3/t20-/m0/s1. The molecule has 0 spiro atoms. The van der Waals surface area contributed by atoms with Gasteiger partial charge >= 0.3 is 0 Å². The van der Waals surface area contributed by atoms with Gasteiger partial charge in [0.2, 0.25) is 10.0 Å². The third kappa shape index (κ3) is 3.39. The lowest BCUT2D eigenvalue weighted by molar-refractivity contribution is 0.384. The maximum atomic E-state index is 13.0. The highest BCUT2D eigenvalue weighted by atomic mass is 32.2. The summed E-state index contributed by atoms with van der Waals surface area (Å²) in [7, 11) is -3.47. The van der Waals surface area contributed by atoms with Crippen LogP contribution < -0.4 is 0 Å². The van der Waals surface area contributed by atoms with Crippen LogP contribution in [0.15, 0.2) is 59.5 Å². The summed E-state index contributed by atoms with van der Waals surface area (Å²) < 4.78 is 35.5. The number of fused-ring (bicyclic) bond motifs is 1. The zero-order valence-electron chi connectivity index (χ0n) is 17.3. The number of hydrogen-bond acceptors (Lipinski definition) is 3. The van der Waals surface area contributed by atoms with Crippen molar-refractivity contribution in [3.8, 4) is 0 Å². The molecule has 1 fully saturated rings. The van der Waals surface area contributed by atoms with Crippen LogP contribution >= 0.6 is 0 Å². The molecule has 0 unspecified atom stereocenters. The summed E-state index contributed by atoms with van der Waals surface area (Å²) in [6.07, 6.45) is 3.10. The predicted molar refractivity (Wildman–Crippen MR) is 119 cm³/mol. The monoisotopic (exact) mass is 422 g/mol. The Balaban J connectivity index is 1.47. The van der Waals surface area contributed by atoms with Gasteiger partial charge in [-0.3, -0.25) is 0 Å². The molecule has 5 nitrogen and oxygen atoms in total. The fourth-order valence-electron chi connectivity index (χ4n) is 4.40. The first-order chi connectivity index (χ1) is 14.4. The molecule has 5 rings (SSSR count). The fourth-order valence-corrected chi connectivity index (χ4v) is 5.78. The molecule has 156 valence electrons. The number of para-hydroxylation sites is 1. The Hall–Kier alpha value is -2.41. The molecule has 6 heteroatoms. The molecule has 2 aliphatic heterocycles. The van der Waals surface area contributed by atoms with E-state index in [2.05, 4.69) is 41.8 Å². The quantitative estimate of drug-likeness (QED) is 0.581. The van der Waals surface area contributed by atoms with Crippen LogP contribution in [0.5, 0.6) is 0 Å². The van der Waals surface area contributed by atoms with Crippen molar-refractivity contribution in [2.75, 3.05) is 19.7 Å². The first kappa shape index (κ1) is 19.5. The van der Waals surface area contributed by atoms with Crippen LogP contribution in [-0.2, 0) is 21.3 Å². The van der Waals surface area contributed by atoms with Crippen LogP contribution in [0.1, 0.15) is 23.2 Å². The number of aryl methyl sites for hydroxylation is 1. The molecule has 2 aliphatic rings. The second-order valence-corrected chi connectivity index (χ2v) is 10.1. The molecule has 0 radical (unpaired) electrons. The third-order valence-electron chi connectivity index (χ3n) is 6.17. The van der Waals surface area contributed by atoms with Gasteiger partial charge < -0.3 is 9.30 Å². The lowest BCUT2D eigenvalue weighted by Crippen LogP contribution is -2.34. The number of sulfonamides is 1. The Bertz CT molecular complexity index is 1240. The first-order valence-corrected chi connectivity index (χ1v) is 11.8. The highest BCUT2D eigenvalue weighted by Gasteiger charge is 2.29. The Morgan fingerprint density at radius 3 is 2.47 bits per heavy atom. The molecule has 3 aromatic rings. The molecule has 2 aromatic carbocycles. The van der Waals surface area contributed by atoms with E-state index in [-0.39, 0.29) is 0 Å². The third-order valence-corrected chi connectivity index (χ3v) is 8.05. The summed E-state index contributed by atoms with van der Waals surface area (Å²) >= 11 is 0. The van der Waals surface area contributed by atoms with E-state index >= 15 is 0 Å². The van der Waals surface area contributed by atoms with Gasteiger partial charge in [-0.1, -0.05) is 42.0 Å². The molecule has 1 aromatic heterocycles. The lowest BCUT2D eigenvalue weighted by atomic mass is 9.97. The summed E-state index contributed by atoms with van der Waals surface area (Å²) in [5, 5.41) is 1.23. The number of benzene rings is 2. The van der Waals surface area contributed by atoms with E-state index in [1.807, 2.05) is 19.1 Å².